The van der Waals surface area contributed by atoms with E-state index < -0.39 is 30.2 Å². The van der Waals surface area contributed by atoms with Crippen LogP contribution in [0.2, 0.25) is 0 Å². The number of ketones is 1. The number of likely N-dealkylation sites (N-methyl/N-ethyl adjacent to an activating group) is 2. The van der Waals surface area contributed by atoms with Crippen LogP contribution in [0.15, 0.2) is 48.5 Å². The van der Waals surface area contributed by atoms with E-state index in [-0.39, 0.29) is 0 Å². The van der Waals surface area contributed by atoms with Gasteiger partial charge < -0.3 is 15.3 Å². The highest BCUT2D eigenvalue weighted by Crippen LogP contribution is 2.30. The van der Waals surface area contributed by atoms with Crippen molar-refractivity contribution in [2.24, 2.45) is 5.92 Å². The highest BCUT2D eigenvalue weighted by atomic mass is 16.3. The minimum Gasteiger partial charge on any atom is -0.388 e. The molecule has 0 bridgehead atoms. The summed E-state index contributed by atoms with van der Waals surface area (Å²) in [4.78, 5) is 37.7. The predicted molar refractivity (Wildman–Crippen MR) is 127 cm³/mol. The summed E-state index contributed by atoms with van der Waals surface area (Å²) < 4.78 is 0. The van der Waals surface area contributed by atoms with E-state index in [1.54, 1.807) is 24.3 Å². The fourth-order valence-corrected chi connectivity index (χ4v) is 3.83. The second-order valence-corrected chi connectivity index (χ2v) is 8.42. The van der Waals surface area contributed by atoms with E-state index in [9.17, 15) is 14.4 Å². The lowest BCUT2D eigenvalue weighted by molar-refractivity contribution is -0.135. The van der Waals surface area contributed by atoms with Crippen LogP contribution in [0.25, 0.3) is 0 Å². The van der Waals surface area contributed by atoms with Gasteiger partial charge in [0.2, 0.25) is 5.91 Å². The van der Waals surface area contributed by atoms with E-state index in [4.69, 9.17) is 5.11 Å². The Hall–Kier alpha value is -3.43. The predicted octanol–water partition coefficient (Wildman–Crippen LogP) is 2.57. The highest BCUT2D eigenvalue weighted by Gasteiger charge is 2.32. The summed E-state index contributed by atoms with van der Waals surface area (Å²) >= 11 is 0. The molecule has 0 spiro atoms. The number of amides is 2. The SMILES string of the molecule is CNC(=O)C(C(=O)CO)N(C)C(=O)c1ccc(C#Cc2ccc(CCC3CCC3)cc2)cc1. The Bertz CT molecular complexity index is 1030. The first-order valence-corrected chi connectivity index (χ1v) is 11.3. The second-order valence-electron chi connectivity index (χ2n) is 8.42. The largest absolute Gasteiger partial charge is 0.388 e. The lowest BCUT2D eigenvalue weighted by atomic mass is 9.81. The van der Waals surface area contributed by atoms with Gasteiger partial charge in [0, 0.05) is 30.8 Å². The van der Waals surface area contributed by atoms with Crippen LogP contribution in [0.3, 0.4) is 0 Å². The van der Waals surface area contributed by atoms with Crippen molar-refractivity contribution in [2.45, 2.75) is 38.1 Å². The maximum absolute atomic E-state index is 12.7. The molecule has 172 valence electrons. The molecule has 6 nitrogen and oxygen atoms in total. The molecular weight excluding hydrogens is 416 g/mol. The number of aliphatic hydroxyl groups excluding tert-OH is 1. The lowest BCUT2D eigenvalue weighted by Gasteiger charge is -2.25. The van der Waals surface area contributed by atoms with Crippen LogP contribution in [0.1, 0.15) is 52.7 Å². The van der Waals surface area contributed by atoms with Crippen LogP contribution in [0.5, 0.6) is 0 Å². The van der Waals surface area contributed by atoms with E-state index in [1.165, 1.54) is 45.3 Å². The van der Waals surface area contributed by atoms with Crippen molar-refractivity contribution in [3.8, 4) is 11.8 Å². The number of carbonyl (C=O) groups excluding carboxylic acids is 3. The molecule has 2 amide bonds. The van der Waals surface area contributed by atoms with Gasteiger partial charge in [-0.15, -0.1) is 0 Å². The molecule has 1 unspecified atom stereocenters. The molecule has 0 aliphatic heterocycles. The highest BCUT2D eigenvalue weighted by molar-refractivity contribution is 6.10. The molecule has 6 heteroatoms. The van der Waals surface area contributed by atoms with Crippen molar-refractivity contribution in [2.75, 3.05) is 20.7 Å². The number of nitrogens with zero attached hydrogens (tertiary/aromatic N) is 1. The molecule has 0 saturated heterocycles. The summed E-state index contributed by atoms with van der Waals surface area (Å²) in [6, 6.07) is 13.6. The van der Waals surface area contributed by atoms with Crippen molar-refractivity contribution in [3.63, 3.8) is 0 Å². The molecule has 33 heavy (non-hydrogen) atoms. The number of rotatable bonds is 8. The zero-order chi connectivity index (χ0) is 23.8. The van der Waals surface area contributed by atoms with Gasteiger partial charge in [0.05, 0.1) is 0 Å². The van der Waals surface area contributed by atoms with E-state index in [1.807, 2.05) is 12.1 Å². The minimum atomic E-state index is -1.39. The standard InChI is InChI=1S/C27H30N2O4/c1-28-26(32)25(24(31)18-30)29(2)27(33)23-16-14-22(15-17-23)13-12-21-10-8-20(9-11-21)7-6-19-4-3-5-19/h8-11,14-17,19,25,30H,3-7,18H2,1-2H3,(H,28,32). The van der Waals surface area contributed by atoms with Crippen LogP contribution in [0.4, 0.5) is 0 Å². The van der Waals surface area contributed by atoms with Gasteiger partial charge >= 0.3 is 0 Å². The third-order valence-corrected chi connectivity index (χ3v) is 6.17. The van der Waals surface area contributed by atoms with Crippen LogP contribution >= 0.6 is 0 Å². The molecule has 1 saturated carbocycles. The van der Waals surface area contributed by atoms with Crippen LogP contribution in [-0.4, -0.2) is 54.3 Å². The first kappa shape index (κ1) is 24.2. The van der Waals surface area contributed by atoms with Crippen molar-refractivity contribution in [1.82, 2.24) is 10.2 Å². The molecule has 1 aliphatic carbocycles. The number of Topliss-reactive ketones (excluding diaryl/α,β-unsaturated/α-hetero) is 1. The number of aryl methyl sites for hydroxylation is 1. The first-order chi connectivity index (χ1) is 15.9. The molecule has 0 heterocycles. The molecule has 1 aliphatic rings. The molecule has 2 aromatic rings. The molecule has 0 aromatic heterocycles. The van der Waals surface area contributed by atoms with E-state index >= 15 is 0 Å². The Kier molecular flexibility index (Phi) is 8.39. The third kappa shape index (κ3) is 6.30. The van der Waals surface area contributed by atoms with Crippen LogP contribution in [-0.2, 0) is 16.0 Å². The summed E-state index contributed by atoms with van der Waals surface area (Å²) in [5.41, 5.74) is 3.34. The van der Waals surface area contributed by atoms with Crippen molar-refractivity contribution in [1.29, 1.82) is 0 Å². The van der Waals surface area contributed by atoms with Crippen molar-refractivity contribution in [3.05, 3.63) is 70.8 Å². The summed E-state index contributed by atoms with van der Waals surface area (Å²) in [7, 11) is 2.73. The van der Waals surface area contributed by atoms with Gasteiger partial charge in [-0.3, -0.25) is 14.4 Å². The van der Waals surface area contributed by atoms with Gasteiger partial charge in [0.15, 0.2) is 11.8 Å². The van der Waals surface area contributed by atoms with Crippen molar-refractivity contribution >= 4 is 17.6 Å². The smallest absolute Gasteiger partial charge is 0.254 e. The second kappa shape index (κ2) is 11.4. The van der Waals surface area contributed by atoms with Crippen LogP contribution in [0, 0.1) is 17.8 Å². The fraction of sp³-hybridized carbons (Fsp3) is 0.370. The first-order valence-electron chi connectivity index (χ1n) is 11.3. The number of nitrogens with one attached hydrogen (secondary N) is 1. The molecule has 0 radical (unpaired) electrons. The number of hydrogen-bond acceptors (Lipinski definition) is 4. The average molecular weight is 447 g/mol. The normalized spacial score (nSPS) is 13.8. The number of hydrogen-bond donors (Lipinski definition) is 2. The monoisotopic (exact) mass is 446 g/mol. The third-order valence-electron chi connectivity index (χ3n) is 6.17. The maximum atomic E-state index is 12.7. The number of aliphatic hydroxyl groups is 1. The van der Waals surface area contributed by atoms with Gasteiger partial charge in [-0.25, -0.2) is 0 Å². The zero-order valence-electron chi connectivity index (χ0n) is 19.1. The Morgan fingerprint density at radius 1 is 1.03 bits per heavy atom. The van der Waals surface area contributed by atoms with Gasteiger partial charge in [-0.2, -0.15) is 0 Å². The quantitative estimate of drug-likeness (QED) is 0.482. The Labute approximate surface area is 195 Å². The summed E-state index contributed by atoms with van der Waals surface area (Å²) in [5.74, 6) is 5.24. The average Bonchev–Trinajstić information content (AvgIpc) is 2.82. The lowest BCUT2D eigenvalue weighted by Crippen LogP contribution is -2.52. The van der Waals surface area contributed by atoms with E-state index in [2.05, 4.69) is 29.3 Å². The Morgan fingerprint density at radius 3 is 2.09 bits per heavy atom. The van der Waals surface area contributed by atoms with Gasteiger partial charge in [-0.1, -0.05) is 43.2 Å². The summed E-state index contributed by atoms with van der Waals surface area (Å²) in [5, 5.41) is 11.5. The van der Waals surface area contributed by atoms with E-state index in [0.717, 1.165) is 28.4 Å². The molecule has 2 aromatic carbocycles. The fourth-order valence-electron chi connectivity index (χ4n) is 3.83. The van der Waals surface area contributed by atoms with E-state index in [0.29, 0.717) is 5.56 Å². The molecule has 3 rings (SSSR count). The van der Waals surface area contributed by atoms with Crippen LogP contribution < -0.4 is 5.32 Å². The van der Waals surface area contributed by atoms with Crippen molar-refractivity contribution < 1.29 is 19.5 Å². The zero-order valence-corrected chi connectivity index (χ0v) is 19.1. The Morgan fingerprint density at radius 2 is 1.61 bits per heavy atom. The summed E-state index contributed by atoms with van der Waals surface area (Å²) in [6.07, 6.45) is 6.51. The Balaban J connectivity index is 1.63. The summed E-state index contributed by atoms with van der Waals surface area (Å²) in [6.45, 7) is -0.828. The number of benzene rings is 2. The van der Waals surface area contributed by atoms with Gasteiger partial charge in [0.1, 0.15) is 6.61 Å². The minimum absolute atomic E-state index is 0.318. The molecule has 1 atom stereocenters. The molecule has 2 N–H and O–H groups in total. The maximum Gasteiger partial charge on any atom is 0.254 e. The van der Waals surface area contributed by atoms with Gasteiger partial charge in [-0.05, 0) is 60.7 Å². The molecular formula is C27H30N2O4. The molecule has 1 fully saturated rings. The van der Waals surface area contributed by atoms with Gasteiger partial charge in [0.25, 0.3) is 5.91 Å². The number of carbonyl (C=O) groups is 3. The topological polar surface area (TPSA) is 86.7 Å².